The number of aryl methyl sites for hydroxylation is 2. The van der Waals surface area contributed by atoms with E-state index in [0.717, 1.165) is 5.92 Å². The lowest BCUT2D eigenvalue weighted by Gasteiger charge is -2.26. The third-order valence-electron chi connectivity index (χ3n) is 5.79. The molecule has 2 heteroatoms. The molecule has 27 heavy (non-hydrogen) atoms. The number of allylic oxidation sites excluding steroid dienone is 4. The minimum atomic E-state index is -0.712. The summed E-state index contributed by atoms with van der Waals surface area (Å²) in [5.41, 5.74) is 2.94. The van der Waals surface area contributed by atoms with E-state index in [0.29, 0.717) is 5.92 Å². The van der Waals surface area contributed by atoms with E-state index in [2.05, 4.69) is 37.3 Å². The first kappa shape index (κ1) is 21.4. The number of unbranched alkanes of at least 4 members (excludes halogenated alkanes) is 2. The van der Waals surface area contributed by atoms with Crippen molar-refractivity contribution in [3.8, 4) is 6.07 Å². The van der Waals surface area contributed by atoms with Crippen LogP contribution in [0, 0.1) is 23.2 Å². The number of rotatable bonds is 10. The number of hydrogen-bond donors (Lipinski definition) is 0. The molecular formula is C25H34FN. The van der Waals surface area contributed by atoms with E-state index in [-0.39, 0.29) is 0 Å². The highest BCUT2D eigenvalue weighted by Gasteiger charge is 2.18. The Morgan fingerprint density at radius 2 is 1.67 bits per heavy atom. The molecule has 0 saturated heterocycles. The Kier molecular flexibility index (Phi) is 9.91. The quantitative estimate of drug-likeness (QED) is 0.239. The molecule has 0 N–H and O–H groups in total. The van der Waals surface area contributed by atoms with Crippen LogP contribution in [0.15, 0.2) is 48.3 Å². The normalized spacial score (nSPS) is 20.7. The topological polar surface area (TPSA) is 23.8 Å². The van der Waals surface area contributed by atoms with Crippen LogP contribution in [0.3, 0.4) is 0 Å². The average molecular weight is 368 g/mol. The number of halogens is 1. The van der Waals surface area contributed by atoms with Crippen LogP contribution in [0.25, 0.3) is 0 Å². The summed E-state index contributed by atoms with van der Waals surface area (Å²) in [6.07, 6.45) is 18.9. The SMILES string of the molecule is CCCCc1ccc(CCCCC2CCC(/C=C/C=C(\F)C#N)CC2)cc1. The van der Waals surface area contributed by atoms with Crippen molar-refractivity contribution in [3.63, 3.8) is 0 Å². The van der Waals surface area contributed by atoms with Crippen LogP contribution in [0.4, 0.5) is 4.39 Å². The smallest absolute Gasteiger partial charge is 0.195 e. The van der Waals surface area contributed by atoms with Gasteiger partial charge < -0.3 is 0 Å². The second kappa shape index (κ2) is 12.5. The van der Waals surface area contributed by atoms with Gasteiger partial charge in [0.25, 0.3) is 0 Å². The van der Waals surface area contributed by atoms with E-state index >= 15 is 0 Å². The van der Waals surface area contributed by atoms with Crippen molar-refractivity contribution in [1.29, 1.82) is 5.26 Å². The van der Waals surface area contributed by atoms with E-state index in [1.807, 2.05) is 0 Å². The van der Waals surface area contributed by atoms with Gasteiger partial charge in [0, 0.05) is 0 Å². The number of hydrogen-bond acceptors (Lipinski definition) is 1. The number of nitriles is 1. The second-order valence-corrected chi connectivity index (χ2v) is 7.96. The number of benzene rings is 1. The Morgan fingerprint density at radius 1 is 1.04 bits per heavy atom. The summed E-state index contributed by atoms with van der Waals surface area (Å²) >= 11 is 0. The van der Waals surface area contributed by atoms with Crippen molar-refractivity contribution in [3.05, 3.63) is 59.4 Å². The molecule has 0 radical (unpaired) electrons. The van der Waals surface area contributed by atoms with E-state index < -0.39 is 5.83 Å². The fourth-order valence-corrected chi connectivity index (χ4v) is 4.02. The highest BCUT2D eigenvalue weighted by Crippen LogP contribution is 2.32. The average Bonchev–Trinajstić information content (AvgIpc) is 2.71. The van der Waals surface area contributed by atoms with Gasteiger partial charge in [-0.1, -0.05) is 62.6 Å². The van der Waals surface area contributed by atoms with Crippen LogP contribution >= 0.6 is 0 Å². The Hall–Kier alpha value is -1.88. The largest absolute Gasteiger partial charge is 0.199 e. The molecular weight excluding hydrogens is 333 g/mol. The molecule has 0 heterocycles. The van der Waals surface area contributed by atoms with Crippen LogP contribution in [-0.4, -0.2) is 0 Å². The maximum absolute atomic E-state index is 12.8. The van der Waals surface area contributed by atoms with Gasteiger partial charge in [-0.2, -0.15) is 9.65 Å². The molecule has 146 valence electrons. The fraction of sp³-hybridized carbons (Fsp3) is 0.560. The Balaban J connectivity index is 1.58. The van der Waals surface area contributed by atoms with Crippen LogP contribution in [0.2, 0.25) is 0 Å². The summed E-state index contributed by atoms with van der Waals surface area (Å²) < 4.78 is 12.8. The van der Waals surface area contributed by atoms with Crippen molar-refractivity contribution in [2.24, 2.45) is 11.8 Å². The van der Waals surface area contributed by atoms with E-state index in [1.165, 1.54) is 93.9 Å². The molecule has 0 unspecified atom stereocenters. The molecule has 0 aliphatic heterocycles. The van der Waals surface area contributed by atoms with Gasteiger partial charge in [0.2, 0.25) is 0 Å². The van der Waals surface area contributed by atoms with Crippen molar-refractivity contribution >= 4 is 0 Å². The lowest BCUT2D eigenvalue weighted by Crippen LogP contribution is -2.13. The number of nitrogens with zero attached hydrogens (tertiary/aromatic N) is 1. The Bertz CT molecular complexity index is 627. The van der Waals surface area contributed by atoms with Crippen LogP contribution in [0.1, 0.15) is 75.8 Å². The molecule has 1 aromatic rings. The third kappa shape index (κ3) is 8.57. The summed E-state index contributed by atoms with van der Waals surface area (Å²) in [5.74, 6) is 0.697. The summed E-state index contributed by atoms with van der Waals surface area (Å²) in [4.78, 5) is 0. The predicted molar refractivity (Wildman–Crippen MR) is 112 cm³/mol. The van der Waals surface area contributed by atoms with Crippen molar-refractivity contribution < 1.29 is 4.39 Å². The van der Waals surface area contributed by atoms with Crippen molar-refractivity contribution in [1.82, 2.24) is 0 Å². The highest BCUT2D eigenvalue weighted by atomic mass is 19.1. The van der Waals surface area contributed by atoms with Gasteiger partial charge in [-0.15, -0.1) is 0 Å². The molecule has 0 bridgehead atoms. The maximum Gasteiger partial charge on any atom is 0.199 e. The fourth-order valence-electron chi connectivity index (χ4n) is 4.02. The third-order valence-corrected chi connectivity index (χ3v) is 5.79. The lowest BCUT2D eigenvalue weighted by molar-refractivity contribution is 0.289. The van der Waals surface area contributed by atoms with Crippen molar-refractivity contribution in [2.45, 2.75) is 77.6 Å². The molecule has 0 aromatic heterocycles. The molecule has 1 nitrogen and oxygen atoms in total. The summed E-state index contributed by atoms with van der Waals surface area (Å²) in [6.45, 7) is 2.24. The van der Waals surface area contributed by atoms with Gasteiger partial charge in [0.1, 0.15) is 6.07 Å². The molecule has 0 amide bonds. The minimum absolute atomic E-state index is 0.551. The van der Waals surface area contributed by atoms with E-state index in [9.17, 15) is 4.39 Å². The van der Waals surface area contributed by atoms with Gasteiger partial charge in [-0.3, -0.25) is 0 Å². The second-order valence-electron chi connectivity index (χ2n) is 7.96. The van der Waals surface area contributed by atoms with Crippen molar-refractivity contribution in [2.75, 3.05) is 0 Å². The maximum atomic E-state index is 12.8. The first-order valence-electron chi connectivity index (χ1n) is 10.7. The molecule has 0 spiro atoms. The minimum Gasteiger partial charge on any atom is -0.195 e. The van der Waals surface area contributed by atoms with E-state index in [4.69, 9.17) is 5.26 Å². The van der Waals surface area contributed by atoms with Gasteiger partial charge in [0.15, 0.2) is 5.83 Å². The summed E-state index contributed by atoms with van der Waals surface area (Å²) in [6, 6.07) is 10.7. The monoisotopic (exact) mass is 367 g/mol. The predicted octanol–water partition coefficient (Wildman–Crippen LogP) is 7.48. The van der Waals surface area contributed by atoms with E-state index in [1.54, 1.807) is 6.08 Å². The molecule has 0 atom stereocenters. The first-order valence-corrected chi connectivity index (χ1v) is 10.7. The standard InChI is InChI=1S/C25H34FN/c1-2-3-7-21-12-14-22(15-13-21)8-4-5-9-23-16-18-24(19-17-23)10-6-11-25(26)20-27/h6,10-15,23-24H,2-5,7-9,16-19H2,1H3/b10-6+,25-11-. The lowest BCUT2D eigenvalue weighted by atomic mass is 9.79. The summed E-state index contributed by atoms with van der Waals surface area (Å²) in [5, 5.41) is 8.40. The van der Waals surface area contributed by atoms with Gasteiger partial charge in [0.05, 0.1) is 0 Å². The van der Waals surface area contributed by atoms with Crippen LogP contribution in [-0.2, 0) is 12.8 Å². The van der Waals surface area contributed by atoms with Gasteiger partial charge in [-0.05, 0) is 80.4 Å². The van der Waals surface area contributed by atoms with Gasteiger partial charge >= 0.3 is 0 Å². The first-order chi connectivity index (χ1) is 13.2. The molecule has 1 aliphatic carbocycles. The van der Waals surface area contributed by atoms with Crippen LogP contribution in [0.5, 0.6) is 0 Å². The zero-order valence-electron chi connectivity index (χ0n) is 16.8. The zero-order valence-corrected chi connectivity index (χ0v) is 16.8. The molecule has 1 aliphatic rings. The molecule has 1 fully saturated rings. The molecule has 1 saturated carbocycles. The summed E-state index contributed by atoms with van der Waals surface area (Å²) in [7, 11) is 0. The Morgan fingerprint density at radius 3 is 2.26 bits per heavy atom. The van der Waals surface area contributed by atoms with Gasteiger partial charge in [-0.25, -0.2) is 0 Å². The molecule has 1 aromatic carbocycles. The zero-order chi connectivity index (χ0) is 19.3. The Labute approximate surface area is 165 Å². The molecule has 2 rings (SSSR count). The highest BCUT2D eigenvalue weighted by molar-refractivity contribution is 5.22. The van der Waals surface area contributed by atoms with Crippen LogP contribution < -0.4 is 0 Å².